The Labute approximate surface area is 119 Å². The number of amides is 1. The lowest BCUT2D eigenvalue weighted by Gasteiger charge is -2.18. The minimum Gasteiger partial charge on any atom is -0.489 e. The molecule has 1 aromatic rings. The summed E-state index contributed by atoms with van der Waals surface area (Å²) in [4.78, 5) is 12.7. The van der Waals surface area contributed by atoms with Crippen molar-refractivity contribution in [2.24, 2.45) is 0 Å². The van der Waals surface area contributed by atoms with Crippen LogP contribution in [0.2, 0.25) is 0 Å². The first kappa shape index (κ1) is 17.2. The highest BCUT2D eigenvalue weighted by Crippen LogP contribution is 2.15. The highest BCUT2D eigenvalue weighted by atomic mass is 19.4. The van der Waals surface area contributed by atoms with E-state index in [1.807, 2.05) is 5.32 Å². The number of rotatable bonds is 7. The maximum Gasteiger partial charge on any atom is 0.401 e. The van der Waals surface area contributed by atoms with E-state index >= 15 is 0 Å². The fourth-order valence-corrected chi connectivity index (χ4v) is 1.43. The van der Waals surface area contributed by atoms with Crippen LogP contribution in [0.4, 0.5) is 17.6 Å². The van der Waals surface area contributed by atoms with E-state index in [9.17, 15) is 22.4 Å². The molecule has 1 amide bonds. The summed E-state index contributed by atoms with van der Waals surface area (Å²) >= 11 is 0. The molecule has 0 atom stereocenters. The molecule has 0 saturated heterocycles. The van der Waals surface area contributed by atoms with Gasteiger partial charge in [0.2, 0.25) is 5.91 Å². The Bertz CT molecular complexity index is 466. The number of para-hydroxylation sites is 1. The molecule has 0 aliphatic rings. The summed E-state index contributed by atoms with van der Waals surface area (Å²) < 4.78 is 54.1. The molecule has 0 saturated carbocycles. The predicted octanol–water partition coefficient (Wildman–Crippen LogP) is 1.81. The van der Waals surface area contributed by atoms with Gasteiger partial charge in [0.25, 0.3) is 0 Å². The number of hydrogen-bond donors (Lipinski definition) is 1. The van der Waals surface area contributed by atoms with Crippen LogP contribution in [-0.2, 0) is 4.79 Å². The largest absolute Gasteiger partial charge is 0.489 e. The Morgan fingerprint density at radius 3 is 2.62 bits per heavy atom. The molecule has 1 N–H and O–H groups in total. The Balaban J connectivity index is 2.25. The minimum absolute atomic E-state index is 0.0441. The summed E-state index contributed by atoms with van der Waals surface area (Å²) in [6.07, 6.45) is -4.35. The van der Waals surface area contributed by atoms with Crippen LogP contribution >= 0.6 is 0 Å². The molecule has 1 aromatic carbocycles. The fraction of sp³-hybridized carbons (Fsp3) is 0.462. The Hall–Kier alpha value is -1.83. The molecule has 0 unspecified atom stereocenters. The monoisotopic (exact) mass is 308 g/mol. The number of alkyl halides is 3. The van der Waals surface area contributed by atoms with Crippen LogP contribution in [0.25, 0.3) is 0 Å². The highest BCUT2D eigenvalue weighted by molar-refractivity contribution is 5.77. The maximum absolute atomic E-state index is 13.2. The van der Waals surface area contributed by atoms with Crippen LogP contribution in [0.5, 0.6) is 5.75 Å². The van der Waals surface area contributed by atoms with Crippen molar-refractivity contribution in [3.63, 3.8) is 0 Å². The number of nitrogens with zero attached hydrogens (tertiary/aromatic N) is 1. The molecule has 0 radical (unpaired) electrons. The van der Waals surface area contributed by atoms with Crippen molar-refractivity contribution >= 4 is 5.91 Å². The third-order valence-electron chi connectivity index (χ3n) is 2.55. The number of nitrogens with one attached hydrogen (secondary N) is 1. The van der Waals surface area contributed by atoms with Crippen LogP contribution in [-0.4, -0.2) is 50.3 Å². The van der Waals surface area contributed by atoms with E-state index in [0.29, 0.717) is 0 Å². The summed E-state index contributed by atoms with van der Waals surface area (Å²) in [6.45, 7) is -1.46. The Morgan fingerprint density at radius 2 is 2.00 bits per heavy atom. The molecule has 1 rings (SSSR count). The van der Waals surface area contributed by atoms with Crippen molar-refractivity contribution < 1.29 is 27.1 Å². The first-order valence-corrected chi connectivity index (χ1v) is 6.18. The van der Waals surface area contributed by atoms with Crippen molar-refractivity contribution in [3.05, 3.63) is 30.1 Å². The topological polar surface area (TPSA) is 41.6 Å². The van der Waals surface area contributed by atoms with Crippen molar-refractivity contribution in [1.29, 1.82) is 0 Å². The molecule has 0 fully saturated rings. The number of carbonyl (C=O) groups is 1. The zero-order chi connectivity index (χ0) is 15.9. The lowest BCUT2D eigenvalue weighted by atomic mass is 10.3. The summed E-state index contributed by atoms with van der Waals surface area (Å²) in [6, 6.07) is 5.81. The average molecular weight is 308 g/mol. The molecule has 0 spiro atoms. The zero-order valence-electron chi connectivity index (χ0n) is 11.4. The van der Waals surface area contributed by atoms with Crippen LogP contribution < -0.4 is 10.1 Å². The molecule has 0 heterocycles. The van der Waals surface area contributed by atoms with E-state index in [2.05, 4.69) is 0 Å². The molecule has 8 heteroatoms. The van der Waals surface area contributed by atoms with Gasteiger partial charge >= 0.3 is 6.18 Å². The van der Waals surface area contributed by atoms with E-state index in [1.165, 1.54) is 30.1 Å². The Morgan fingerprint density at radius 1 is 1.33 bits per heavy atom. The van der Waals surface area contributed by atoms with E-state index < -0.39 is 31.0 Å². The first-order valence-electron chi connectivity index (χ1n) is 6.18. The summed E-state index contributed by atoms with van der Waals surface area (Å²) in [5.74, 6) is -0.955. The molecule has 0 aliphatic carbocycles. The van der Waals surface area contributed by atoms with Crippen LogP contribution in [0.1, 0.15) is 0 Å². The smallest absolute Gasteiger partial charge is 0.401 e. The summed E-state index contributed by atoms with van der Waals surface area (Å²) in [7, 11) is 1.43. The number of ether oxygens (including phenoxy) is 1. The predicted molar refractivity (Wildman–Crippen MR) is 68.5 cm³/mol. The highest BCUT2D eigenvalue weighted by Gasteiger charge is 2.26. The van der Waals surface area contributed by atoms with E-state index in [1.54, 1.807) is 6.07 Å². The van der Waals surface area contributed by atoms with Gasteiger partial charge in [-0.25, -0.2) is 4.39 Å². The zero-order valence-corrected chi connectivity index (χ0v) is 11.4. The average Bonchev–Trinajstić information content (AvgIpc) is 2.39. The van der Waals surface area contributed by atoms with E-state index in [-0.39, 0.29) is 18.9 Å². The number of benzene rings is 1. The second-order valence-electron chi connectivity index (χ2n) is 4.31. The molecule has 4 nitrogen and oxygen atoms in total. The molecule has 0 bridgehead atoms. The van der Waals surface area contributed by atoms with Gasteiger partial charge < -0.3 is 15.0 Å². The molecule has 0 aromatic heterocycles. The van der Waals surface area contributed by atoms with Crippen molar-refractivity contribution in [2.45, 2.75) is 6.18 Å². The third kappa shape index (κ3) is 6.94. The van der Waals surface area contributed by atoms with Crippen LogP contribution in [0, 0.1) is 5.82 Å². The summed E-state index contributed by atoms with van der Waals surface area (Å²) in [5.41, 5.74) is 0. The van der Waals surface area contributed by atoms with Crippen LogP contribution in [0.3, 0.4) is 0 Å². The van der Waals surface area contributed by atoms with Gasteiger partial charge in [0.05, 0.1) is 19.6 Å². The number of likely N-dealkylation sites (N-methyl/N-ethyl adjacent to an activating group) is 1. The lowest BCUT2D eigenvalue weighted by molar-refractivity contribution is -0.133. The summed E-state index contributed by atoms with van der Waals surface area (Å²) in [5, 5.41) is 2.01. The number of halogens is 4. The minimum atomic E-state index is -4.35. The van der Waals surface area contributed by atoms with Gasteiger partial charge in [-0.1, -0.05) is 12.1 Å². The molecule has 21 heavy (non-hydrogen) atoms. The second-order valence-corrected chi connectivity index (χ2v) is 4.31. The van der Waals surface area contributed by atoms with Gasteiger partial charge in [-0.15, -0.1) is 0 Å². The SMILES string of the molecule is CN(CCOc1ccccc1F)C(=O)CNCC(F)(F)F. The van der Waals surface area contributed by atoms with Gasteiger partial charge in [-0.05, 0) is 12.1 Å². The number of carbonyl (C=O) groups excluding carboxylic acids is 1. The maximum atomic E-state index is 13.2. The standard InChI is InChI=1S/C13H16F4N2O2/c1-19(12(20)8-18-9-13(15,16)17)6-7-21-11-5-3-2-4-10(11)14/h2-5,18H,6-9H2,1H3. The van der Waals surface area contributed by atoms with E-state index in [0.717, 1.165) is 0 Å². The Kier molecular flexibility index (Phi) is 6.41. The lowest BCUT2D eigenvalue weighted by Crippen LogP contribution is -2.40. The van der Waals surface area contributed by atoms with Gasteiger partial charge in [-0.3, -0.25) is 4.79 Å². The van der Waals surface area contributed by atoms with Crippen molar-refractivity contribution in [1.82, 2.24) is 10.2 Å². The fourth-order valence-electron chi connectivity index (χ4n) is 1.43. The van der Waals surface area contributed by atoms with E-state index in [4.69, 9.17) is 4.74 Å². The van der Waals surface area contributed by atoms with Gasteiger partial charge in [-0.2, -0.15) is 13.2 Å². The quantitative estimate of drug-likeness (QED) is 0.781. The second kappa shape index (κ2) is 7.82. The third-order valence-corrected chi connectivity index (χ3v) is 2.55. The van der Waals surface area contributed by atoms with Gasteiger partial charge in [0.15, 0.2) is 11.6 Å². The van der Waals surface area contributed by atoms with Crippen molar-refractivity contribution in [2.75, 3.05) is 33.3 Å². The van der Waals surface area contributed by atoms with Crippen molar-refractivity contribution in [3.8, 4) is 5.75 Å². The molecule has 118 valence electrons. The van der Waals surface area contributed by atoms with Gasteiger partial charge in [0.1, 0.15) is 6.61 Å². The molecular formula is C13H16F4N2O2. The van der Waals surface area contributed by atoms with Gasteiger partial charge in [0, 0.05) is 7.05 Å². The molecular weight excluding hydrogens is 292 g/mol. The van der Waals surface area contributed by atoms with Crippen LogP contribution in [0.15, 0.2) is 24.3 Å². The molecule has 0 aliphatic heterocycles. The number of hydrogen-bond acceptors (Lipinski definition) is 3. The first-order chi connectivity index (χ1) is 9.79. The normalized spacial score (nSPS) is 11.3.